The second-order valence-corrected chi connectivity index (χ2v) is 10.7. The lowest BCUT2D eigenvalue weighted by atomic mass is 9.46. The van der Waals surface area contributed by atoms with Crippen LogP contribution in [0.1, 0.15) is 78.1 Å². The third-order valence-electron chi connectivity index (χ3n) is 9.27. The molecule has 0 heterocycles. The second-order valence-electron chi connectivity index (χ2n) is 10.7. The number of aliphatic carboxylic acids is 1. The number of hydrogen-bond donors (Lipinski definition) is 1. The molecule has 3 fully saturated rings. The Morgan fingerprint density at radius 2 is 1.81 bits per heavy atom. The summed E-state index contributed by atoms with van der Waals surface area (Å²) >= 11 is 0. The van der Waals surface area contributed by atoms with E-state index >= 15 is 0 Å². The molecule has 6 atom stereocenters. The maximum atomic E-state index is 13.0. The first-order valence-electron chi connectivity index (χ1n) is 11.8. The van der Waals surface area contributed by atoms with Crippen LogP contribution in [0.15, 0.2) is 11.6 Å². The average Bonchev–Trinajstić information content (AvgIpc) is 3.08. The molecule has 6 nitrogen and oxygen atoms in total. The number of carbonyl (C=O) groups is 4. The minimum absolute atomic E-state index is 0.0157. The predicted molar refractivity (Wildman–Crippen MR) is 113 cm³/mol. The topological polar surface area (TPSA) is 97.7 Å². The first-order chi connectivity index (χ1) is 14.6. The molecule has 0 radical (unpaired) electrons. The van der Waals surface area contributed by atoms with Crippen molar-refractivity contribution in [3.8, 4) is 0 Å². The van der Waals surface area contributed by atoms with Crippen molar-refractivity contribution in [3.05, 3.63) is 11.6 Å². The fourth-order valence-electron chi connectivity index (χ4n) is 7.62. The van der Waals surface area contributed by atoms with Gasteiger partial charge < -0.3 is 9.84 Å². The minimum atomic E-state index is -1.05. The molecule has 0 saturated heterocycles. The van der Waals surface area contributed by atoms with E-state index in [0.717, 1.165) is 44.9 Å². The minimum Gasteiger partial charge on any atom is -0.481 e. The third kappa shape index (κ3) is 3.87. The maximum Gasteiger partial charge on any atom is 0.306 e. The molecule has 6 heteroatoms. The van der Waals surface area contributed by atoms with Crippen LogP contribution >= 0.6 is 0 Å². The van der Waals surface area contributed by atoms with Crippen LogP contribution in [0.2, 0.25) is 0 Å². The number of ketones is 2. The highest BCUT2D eigenvalue weighted by Gasteiger charge is 2.60. The van der Waals surface area contributed by atoms with E-state index in [1.165, 1.54) is 5.57 Å². The van der Waals surface area contributed by atoms with Crippen LogP contribution < -0.4 is 0 Å². The summed E-state index contributed by atoms with van der Waals surface area (Å²) in [5.41, 5.74) is 1.42. The van der Waals surface area contributed by atoms with E-state index < -0.39 is 11.9 Å². The average molecular weight is 431 g/mol. The van der Waals surface area contributed by atoms with Gasteiger partial charge in [0.15, 0.2) is 11.6 Å². The Bertz CT molecular complexity index is 828. The quantitative estimate of drug-likeness (QED) is 0.637. The first kappa shape index (κ1) is 22.2. The zero-order valence-electron chi connectivity index (χ0n) is 18.7. The summed E-state index contributed by atoms with van der Waals surface area (Å²) < 4.78 is 5.10. The van der Waals surface area contributed by atoms with Gasteiger partial charge in [0.1, 0.15) is 6.61 Å². The zero-order valence-corrected chi connectivity index (χ0v) is 18.7. The van der Waals surface area contributed by atoms with E-state index in [4.69, 9.17) is 9.84 Å². The van der Waals surface area contributed by atoms with Crippen LogP contribution in [0.25, 0.3) is 0 Å². The van der Waals surface area contributed by atoms with Gasteiger partial charge in [-0.15, -0.1) is 0 Å². The van der Waals surface area contributed by atoms with Gasteiger partial charge in [0.2, 0.25) is 0 Å². The van der Waals surface area contributed by atoms with Crippen LogP contribution in [-0.4, -0.2) is 35.2 Å². The van der Waals surface area contributed by atoms with E-state index in [1.54, 1.807) is 0 Å². The number of carbonyl (C=O) groups excluding carboxylic acids is 3. The number of carboxylic acids is 1. The molecule has 0 aromatic rings. The molecule has 0 amide bonds. The highest BCUT2D eigenvalue weighted by atomic mass is 16.5. The number of esters is 1. The first-order valence-corrected chi connectivity index (χ1v) is 11.8. The van der Waals surface area contributed by atoms with E-state index in [0.29, 0.717) is 24.2 Å². The molecule has 4 rings (SSSR count). The van der Waals surface area contributed by atoms with Crippen molar-refractivity contribution in [3.63, 3.8) is 0 Å². The molecule has 4 aliphatic rings. The fourth-order valence-corrected chi connectivity index (χ4v) is 7.62. The second kappa shape index (κ2) is 8.18. The molecule has 0 aromatic heterocycles. The lowest BCUT2D eigenvalue weighted by molar-refractivity contribution is -0.152. The number of hydrogen-bond acceptors (Lipinski definition) is 5. The van der Waals surface area contributed by atoms with Gasteiger partial charge in [-0.3, -0.25) is 19.2 Å². The number of fused-ring (bicyclic) bond motifs is 5. The Labute approximate surface area is 183 Å². The van der Waals surface area contributed by atoms with Gasteiger partial charge in [-0.1, -0.05) is 19.4 Å². The van der Waals surface area contributed by atoms with E-state index in [-0.39, 0.29) is 47.8 Å². The molecule has 0 spiro atoms. The van der Waals surface area contributed by atoms with Crippen molar-refractivity contribution in [2.24, 2.45) is 34.5 Å². The van der Waals surface area contributed by atoms with Crippen molar-refractivity contribution in [1.29, 1.82) is 0 Å². The van der Waals surface area contributed by atoms with Crippen LogP contribution in [0.3, 0.4) is 0 Å². The van der Waals surface area contributed by atoms with Gasteiger partial charge in [0.05, 0.1) is 12.8 Å². The van der Waals surface area contributed by atoms with Gasteiger partial charge in [-0.2, -0.15) is 0 Å². The fraction of sp³-hybridized carbons (Fsp3) is 0.760. The van der Waals surface area contributed by atoms with Crippen molar-refractivity contribution in [2.45, 2.75) is 78.1 Å². The Balaban J connectivity index is 1.43. The predicted octanol–water partition coefficient (Wildman–Crippen LogP) is 4.11. The van der Waals surface area contributed by atoms with Gasteiger partial charge in [-0.25, -0.2) is 0 Å². The highest BCUT2D eigenvalue weighted by Crippen LogP contribution is 2.66. The van der Waals surface area contributed by atoms with Gasteiger partial charge in [-0.05, 0) is 79.6 Å². The number of ether oxygens (including phenoxy) is 1. The Kier molecular flexibility index (Phi) is 5.86. The summed E-state index contributed by atoms with van der Waals surface area (Å²) in [6.45, 7) is 4.37. The monoisotopic (exact) mass is 430 g/mol. The van der Waals surface area contributed by atoms with Crippen molar-refractivity contribution in [1.82, 2.24) is 0 Å². The number of Topliss-reactive ketones (excluding diaryl/α,β-unsaturated/α-hetero) is 1. The largest absolute Gasteiger partial charge is 0.481 e. The molecule has 170 valence electrons. The molecule has 4 aliphatic carbocycles. The van der Waals surface area contributed by atoms with E-state index in [1.807, 2.05) is 6.08 Å². The Hall–Kier alpha value is -1.98. The summed E-state index contributed by atoms with van der Waals surface area (Å²) in [5.74, 6) is 0.168. The molecule has 3 saturated carbocycles. The summed E-state index contributed by atoms with van der Waals surface area (Å²) in [4.78, 5) is 47.3. The maximum absolute atomic E-state index is 13.0. The summed E-state index contributed by atoms with van der Waals surface area (Å²) in [6, 6.07) is 0. The molecule has 31 heavy (non-hydrogen) atoms. The lowest BCUT2D eigenvalue weighted by Gasteiger charge is -2.58. The Morgan fingerprint density at radius 1 is 1.03 bits per heavy atom. The molecular weight excluding hydrogens is 396 g/mol. The van der Waals surface area contributed by atoms with Crippen molar-refractivity contribution >= 4 is 23.5 Å². The summed E-state index contributed by atoms with van der Waals surface area (Å²) in [5, 5.41) is 8.68. The molecule has 1 N–H and O–H groups in total. The zero-order chi connectivity index (χ0) is 22.4. The standard InChI is InChI=1S/C25H34O6/c1-24-11-9-16(26)13-15(24)3-4-17-18-5-6-20(25(18,2)12-10-19(17)24)21(27)14-31-23(30)8-7-22(28)29/h13,17-20H,3-12,14H2,1-2H3,(H,28,29)/t17-,18+,19-,20+,24+,25+/m1/s1. The summed E-state index contributed by atoms with van der Waals surface area (Å²) in [7, 11) is 0. The number of carboxylic acid groups (broad SMARTS) is 1. The molecule has 0 aromatic carbocycles. The van der Waals surface area contributed by atoms with Crippen LogP contribution in [0, 0.1) is 34.5 Å². The van der Waals surface area contributed by atoms with Crippen molar-refractivity contribution < 1.29 is 29.0 Å². The molecule has 0 unspecified atom stereocenters. The van der Waals surface area contributed by atoms with Gasteiger partial charge >= 0.3 is 11.9 Å². The van der Waals surface area contributed by atoms with Crippen LogP contribution in [0.5, 0.6) is 0 Å². The Morgan fingerprint density at radius 3 is 2.55 bits per heavy atom. The van der Waals surface area contributed by atoms with E-state index in [9.17, 15) is 19.2 Å². The highest BCUT2D eigenvalue weighted by molar-refractivity contribution is 5.91. The van der Waals surface area contributed by atoms with E-state index in [2.05, 4.69) is 13.8 Å². The normalized spacial score (nSPS) is 39.0. The molecule has 0 aliphatic heterocycles. The smallest absolute Gasteiger partial charge is 0.306 e. The SMILES string of the molecule is C[C@]12CC[C@@H]3[C@H](CCC4=CC(=O)CC[C@@]43C)[C@@H]1CC[C@H]2C(=O)COC(=O)CCC(=O)O. The number of rotatable bonds is 6. The van der Waals surface area contributed by atoms with Gasteiger partial charge in [0.25, 0.3) is 0 Å². The molecular formula is C25H34O6. The lowest BCUT2D eigenvalue weighted by Crippen LogP contribution is -2.51. The summed E-state index contributed by atoms with van der Waals surface area (Å²) in [6.07, 6.45) is 9.11. The van der Waals surface area contributed by atoms with Crippen LogP contribution in [-0.2, 0) is 23.9 Å². The van der Waals surface area contributed by atoms with Gasteiger partial charge in [0, 0.05) is 12.3 Å². The third-order valence-corrected chi connectivity index (χ3v) is 9.27. The number of allylic oxidation sites excluding steroid dienone is 1. The van der Waals surface area contributed by atoms with Crippen LogP contribution in [0.4, 0.5) is 0 Å². The molecule has 0 bridgehead atoms. The van der Waals surface area contributed by atoms with Crippen molar-refractivity contribution in [2.75, 3.05) is 6.61 Å².